The van der Waals surface area contributed by atoms with Crippen molar-refractivity contribution in [2.45, 2.75) is 6.92 Å². The van der Waals surface area contributed by atoms with Crippen LogP contribution in [0.25, 0.3) is 0 Å². The summed E-state index contributed by atoms with van der Waals surface area (Å²) in [5.41, 5.74) is 3.00. The fourth-order valence-corrected chi connectivity index (χ4v) is 2.55. The Balaban J connectivity index is 1.67. The van der Waals surface area contributed by atoms with Crippen molar-refractivity contribution in [1.29, 1.82) is 0 Å². The Bertz CT molecular complexity index is 635. The van der Waals surface area contributed by atoms with E-state index < -0.39 is 0 Å². The fraction of sp³-hybridized carbons (Fsp3) is 0.375. The molecule has 0 radical (unpaired) electrons. The molecule has 22 heavy (non-hydrogen) atoms. The quantitative estimate of drug-likeness (QED) is 0.943. The van der Waals surface area contributed by atoms with Crippen LogP contribution in [-0.2, 0) is 0 Å². The fourth-order valence-electron chi connectivity index (χ4n) is 2.46. The van der Waals surface area contributed by atoms with Crippen LogP contribution in [0.1, 0.15) is 5.69 Å². The summed E-state index contributed by atoms with van der Waals surface area (Å²) >= 11 is 5.94. The molecule has 2 aromatic rings. The maximum absolute atomic E-state index is 5.94. The molecule has 116 valence electrons. The topological polar surface area (TPSA) is 44.3 Å². The lowest BCUT2D eigenvalue weighted by molar-refractivity contribution is 0.313. The second-order valence-electron chi connectivity index (χ2n) is 5.59. The molecule has 1 aliphatic rings. The lowest BCUT2D eigenvalue weighted by Crippen LogP contribution is -2.44. The molecule has 1 aliphatic heterocycles. The van der Waals surface area contributed by atoms with Gasteiger partial charge in [0.2, 0.25) is 5.95 Å². The molecule has 1 N–H and O–H groups in total. The van der Waals surface area contributed by atoms with E-state index in [0.717, 1.165) is 37.6 Å². The molecule has 0 aliphatic carbocycles. The van der Waals surface area contributed by atoms with Gasteiger partial charge in [0.15, 0.2) is 0 Å². The summed E-state index contributed by atoms with van der Waals surface area (Å²) in [6.07, 6.45) is 1.62. The Kier molecular flexibility index (Phi) is 4.45. The molecule has 1 fully saturated rings. The van der Waals surface area contributed by atoms with Crippen molar-refractivity contribution in [3.8, 4) is 0 Å². The summed E-state index contributed by atoms with van der Waals surface area (Å²) < 4.78 is 0. The largest absolute Gasteiger partial charge is 0.369 e. The maximum Gasteiger partial charge on any atom is 0.227 e. The zero-order valence-electron chi connectivity index (χ0n) is 12.9. The number of benzene rings is 1. The zero-order valence-corrected chi connectivity index (χ0v) is 13.6. The highest BCUT2D eigenvalue weighted by Crippen LogP contribution is 2.21. The van der Waals surface area contributed by atoms with E-state index >= 15 is 0 Å². The van der Waals surface area contributed by atoms with Crippen LogP contribution < -0.4 is 10.2 Å². The van der Waals surface area contributed by atoms with Gasteiger partial charge in [-0.25, -0.2) is 9.97 Å². The Hall–Kier alpha value is -1.85. The first-order chi connectivity index (χ1) is 10.6. The number of aromatic nitrogens is 2. The first-order valence-electron chi connectivity index (χ1n) is 7.41. The Morgan fingerprint density at radius 2 is 1.77 bits per heavy atom. The van der Waals surface area contributed by atoms with Gasteiger partial charge in [-0.15, -0.1) is 0 Å². The van der Waals surface area contributed by atoms with Gasteiger partial charge in [0, 0.05) is 37.6 Å². The molecule has 6 heteroatoms. The lowest BCUT2D eigenvalue weighted by Gasteiger charge is -2.34. The summed E-state index contributed by atoms with van der Waals surface area (Å²) in [4.78, 5) is 13.3. The number of nitrogens with one attached hydrogen (secondary N) is 1. The average Bonchev–Trinajstić information content (AvgIpc) is 2.53. The van der Waals surface area contributed by atoms with Gasteiger partial charge >= 0.3 is 0 Å². The van der Waals surface area contributed by atoms with Crippen LogP contribution in [0.15, 0.2) is 30.5 Å². The predicted octanol–water partition coefficient (Wildman–Crippen LogP) is 2.93. The number of aryl methyl sites for hydroxylation is 1. The predicted molar refractivity (Wildman–Crippen MR) is 91.2 cm³/mol. The molecular formula is C16H20ClN5. The number of rotatable bonds is 3. The molecule has 1 aromatic heterocycles. The van der Waals surface area contributed by atoms with Gasteiger partial charge in [0.25, 0.3) is 0 Å². The Morgan fingerprint density at radius 3 is 2.41 bits per heavy atom. The second kappa shape index (κ2) is 6.50. The van der Waals surface area contributed by atoms with Gasteiger partial charge in [-0.1, -0.05) is 11.6 Å². The van der Waals surface area contributed by atoms with Gasteiger partial charge < -0.3 is 15.1 Å². The summed E-state index contributed by atoms with van der Waals surface area (Å²) in [5.74, 6) is 0.564. The molecular weight excluding hydrogens is 298 g/mol. The van der Waals surface area contributed by atoms with Crippen LogP contribution >= 0.6 is 11.6 Å². The van der Waals surface area contributed by atoms with E-state index in [0.29, 0.717) is 11.0 Å². The molecule has 0 atom stereocenters. The lowest BCUT2D eigenvalue weighted by atomic mass is 10.2. The van der Waals surface area contributed by atoms with E-state index in [2.05, 4.69) is 56.4 Å². The van der Waals surface area contributed by atoms with E-state index in [1.165, 1.54) is 5.69 Å². The Morgan fingerprint density at radius 1 is 1.09 bits per heavy atom. The number of hydrogen-bond acceptors (Lipinski definition) is 5. The third-order valence-corrected chi connectivity index (χ3v) is 4.28. The minimum Gasteiger partial charge on any atom is -0.369 e. The number of halogens is 1. The number of piperazine rings is 1. The molecule has 0 amide bonds. The molecule has 0 saturated carbocycles. The van der Waals surface area contributed by atoms with Crippen LogP contribution in [0.3, 0.4) is 0 Å². The van der Waals surface area contributed by atoms with Crippen molar-refractivity contribution in [3.63, 3.8) is 0 Å². The monoisotopic (exact) mass is 317 g/mol. The van der Waals surface area contributed by atoms with Crippen molar-refractivity contribution in [2.24, 2.45) is 0 Å². The van der Waals surface area contributed by atoms with Crippen LogP contribution in [0.5, 0.6) is 0 Å². The highest BCUT2D eigenvalue weighted by Gasteiger charge is 2.14. The van der Waals surface area contributed by atoms with Crippen molar-refractivity contribution in [3.05, 3.63) is 41.2 Å². The van der Waals surface area contributed by atoms with Crippen LogP contribution in [-0.4, -0.2) is 48.1 Å². The Labute approximate surface area is 135 Å². The van der Waals surface area contributed by atoms with Crippen LogP contribution in [0.2, 0.25) is 5.02 Å². The minimum absolute atomic E-state index is 0.564. The maximum atomic E-state index is 5.94. The van der Waals surface area contributed by atoms with Crippen molar-refractivity contribution >= 4 is 28.9 Å². The van der Waals surface area contributed by atoms with Gasteiger partial charge in [-0.3, -0.25) is 0 Å². The highest BCUT2D eigenvalue weighted by atomic mass is 35.5. The molecule has 3 rings (SSSR count). The highest BCUT2D eigenvalue weighted by molar-refractivity contribution is 6.31. The van der Waals surface area contributed by atoms with Gasteiger partial charge in [0.1, 0.15) is 0 Å². The standard InChI is InChI=1S/C16H20ClN5/c1-12-15(17)11-18-16(19-12)20-13-3-5-14(6-4-13)22-9-7-21(2)8-10-22/h3-6,11H,7-10H2,1-2H3,(H,18,19,20). The van der Waals surface area contributed by atoms with E-state index in [9.17, 15) is 0 Å². The number of nitrogens with zero attached hydrogens (tertiary/aromatic N) is 4. The molecule has 1 saturated heterocycles. The summed E-state index contributed by atoms with van der Waals surface area (Å²) in [6, 6.07) is 8.38. The third kappa shape index (κ3) is 3.48. The van der Waals surface area contributed by atoms with E-state index in [1.807, 2.05) is 6.92 Å². The van der Waals surface area contributed by atoms with Crippen molar-refractivity contribution in [2.75, 3.05) is 43.4 Å². The normalized spacial score (nSPS) is 15.9. The van der Waals surface area contributed by atoms with Crippen LogP contribution in [0.4, 0.5) is 17.3 Å². The SMILES string of the molecule is Cc1nc(Nc2ccc(N3CCN(C)CC3)cc2)ncc1Cl. The zero-order chi connectivity index (χ0) is 15.5. The molecule has 0 spiro atoms. The average molecular weight is 318 g/mol. The van der Waals surface area contributed by atoms with E-state index in [-0.39, 0.29) is 0 Å². The molecule has 1 aromatic carbocycles. The summed E-state index contributed by atoms with van der Waals surface area (Å²) in [6.45, 7) is 6.23. The number of anilines is 3. The summed E-state index contributed by atoms with van der Waals surface area (Å²) in [5, 5.41) is 3.78. The molecule has 0 unspecified atom stereocenters. The van der Waals surface area contributed by atoms with Gasteiger partial charge in [-0.2, -0.15) is 0 Å². The molecule has 0 bridgehead atoms. The van der Waals surface area contributed by atoms with Crippen LogP contribution in [0, 0.1) is 6.92 Å². The smallest absolute Gasteiger partial charge is 0.227 e. The number of hydrogen-bond donors (Lipinski definition) is 1. The molecule has 5 nitrogen and oxygen atoms in total. The summed E-state index contributed by atoms with van der Waals surface area (Å²) in [7, 11) is 2.17. The van der Waals surface area contributed by atoms with Crippen molar-refractivity contribution < 1.29 is 0 Å². The van der Waals surface area contributed by atoms with Gasteiger partial charge in [0.05, 0.1) is 16.9 Å². The first kappa shape index (κ1) is 15.1. The van der Waals surface area contributed by atoms with Gasteiger partial charge in [-0.05, 0) is 38.2 Å². The molecule has 2 heterocycles. The second-order valence-corrected chi connectivity index (χ2v) is 6.00. The van der Waals surface area contributed by atoms with E-state index in [1.54, 1.807) is 6.20 Å². The third-order valence-electron chi connectivity index (χ3n) is 3.91. The number of likely N-dealkylation sites (N-methyl/N-ethyl adjacent to an activating group) is 1. The van der Waals surface area contributed by atoms with Crippen molar-refractivity contribution in [1.82, 2.24) is 14.9 Å². The minimum atomic E-state index is 0.564. The first-order valence-corrected chi connectivity index (χ1v) is 7.79. The van der Waals surface area contributed by atoms with E-state index in [4.69, 9.17) is 11.6 Å².